The molecule has 5 nitrogen and oxygen atoms in total. The number of guanidine groups is 1. The van der Waals surface area contributed by atoms with Crippen LogP contribution in [0, 0.1) is 11.3 Å². The van der Waals surface area contributed by atoms with Crippen molar-refractivity contribution >= 4 is 35.8 Å². The number of nitrogens with zero attached hydrogens (tertiary/aromatic N) is 2. The molecule has 1 saturated heterocycles. The van der Waals surface area contributed by atoms with Crippen LogP contribution in [0.2, 0.25) is 0 Å². The molecule has 2 fully saturated rings. The molecule has 1 aromatic rings. The zero-order valence-electron chi connectivity index (χ0n) is 12.3. The average molecular weight is 402 g/mol. The molecule has 0 bridgehead atoms. The summed E-state index contributed by atoms with van der Waals surface area (Å²) >= 11 is 0. The van der Waals surface area contributed by atoms with Crippen LogP contribution < -0.4 is 11.1 Å². The van der Waals surface area contributed by atoms with Gasteiger partial charge in [-0.25, -0.2) is 4.98 Å². The highest BCUT2D eigenvalue weighted by atomic mass is 127. The third-order valence-corrected chi connectivity index (χ3v) is 4.24. The lowest BCUT2D eigenvalue weighted by molar-refractivity contribution is 0.0425. The topological polar surface area (TPSA) is 72.5 Å². The predicted octanol–water partition coefficient (Wildman–Crippen LogP) is 2.63. The van der Waals surface area contributed by atoms with E-state index in [4.69, 9.17) is 10.5 Å². The number of nitrogens with one attached hydrogen (secondary N) is 1. The van der Waals surface area contributed by atoms with Gasteiger partial charge in [0.15, 0.2) is 5.96 Å². The van der Waals surface area contributed by atoms with Crippen molar-refractivity contribution < 1.29 is 4.74 Å². The number of nitrogens with two attached hydrogens (primary N) is 1. The first-order chi connectivity index (χ1) is 9.67. The standard InChI is InChI=1S/C15H22N4O.HI/c1-15(7-9-20-13(15)11-5-6-11)10-18-14(16)19-12-4-2-3-8-17-12;/h2-4,8,11,13H,5-7,9-10H2,1H3,(H3,16,17,18,19);1H. The predicted molar refractivity (Wildman–Crippen MR) is 95.0 cm³/mol. The Bertz CT molecular complexity index is 492. The van der Waals surface area contributed by atoms with E-state index in [1.54, 1.807) is 6.20 Å². The van der Waals surface area contributed by atoms with E-state index in [2.05, 4.69) is 22.2 Å². The summed E-state index contributed by atoms with van der Waals surface area (Å²) in [6.45, 7) is 3.82. The van der Waals surface area contributed by atoms with Crippen molar-refractivity contribution in [2.24, 2.45) is 22.1 Å². The molecule has 1 saturated carbocycles. The molecule has 0 radical (unpaired) electrons. The Balaban J connectivity index is 0.00000161. The highest BCUT2D eigenvalue weighted by Gasteiger charge is 2.47. The first-order valence-corrected chi connectivity index (χ1v) is 7.27. The van der Waals surface area contributed by atoms with Crippen LogP contribution in [0.1, 0.15) is 26.2 Å². The maximum Gasteiger partial charge on any atom is 0.194 e. The van der Waals surface area contributed by atoms with Crippen molar-refractivity contribution in [3.05, 3.63) is 24.4 Å². The smallest absolute Gasteiger partial charge is 0.194 e. The molecule has 0 amide bonds. The Hall–Kier alpha value is -0.890. The lowest BCUT2D eigenvalue weighted by atomic mass is 9.81. The summed E-state index contributed by atoms with van der Waals surface area (Å²) in [4.78, 5) is 8.67. The third kappa shape index (κ3) is 4.06. The summed E-state index contributed by atoms with van der Waals surface area (Å²) in [5, 5.41) is 3.02. The van der Waals surface area contributed by atoms with Gasteiger partial charge in [0, 0.05) is 18.2 Å². The van der Waals surface area contributed by atoms with Crippen LogP contribution in [0.15, 0.2) is 29.4 Å². The molecule has 0 aromatic carbocycles. The van der Waals surface area contributed by atoms with Crippen LogP contribution in [0.4, 0.5) is 5.82 Å². The van der Waals surface area contributed by atoms with E-state index < -0.39 is 0 Å². The molecule has 2 unspecified atom stereocenters. The number of hydrogen-bond acceptors (Lipinski definition) is 3. The van der Waals surface area contributed by atoms with Gasteiger partial charge >= 0.3 is 0 Å². The normalized spacial score (nSPS) is 29.0. The van der Waals surface area contributed by atoms with Crippen LogP contribution in [0.5, 0.6) is 0 Å². The van der Waals surface area contributed by atoms with Gasteiger partial charge < -0.3 is 15.8 Å². The van der Waals surface area contributed by atoms with Gasteiger partial charge in [0.1, 0.15) is 5.82 Å². The van der Waals surface area contributed by atoms with Crippen LogP contribution in [-0.2, 0) is 4.74 Å². The number of halogens is 1. The van der Waals surface area contributed by atoms with Gasteiger partial charge in [0.2, 0.25) is 0 Å². The number of anilines is 1. The molecule has 1 aromatic heterocycles. The van der Waals surface area contributed by atoms with Gasteiger partial charge in [0.05, 0.1) is 12.6 Å². The van der Waals surface area contributed by atoms with Gasteiger partial charge in [-0.3, -0.25) is 4.99 Å². The quantitative estimate of drug-likeness (QED) is 0.462. The zero-order valence-corrected chi connectivity index (χ0v) is 14.6. The second-order valence-corrected chi connectivity index (χ2v) is 6.07. The SMILES string of the molecule is CC1(CN=C(N)Nc2ccccn2)CCOC1C1CC1.I. The lowest BCUT2D eigenvalue weighted by Gasteiger charge is -2.28. The monoisotopic (exact) mass is 402 g/mol. The van der Waals surface area contributed by atoms with E-state index in [1.807, 2.05) is 18.2 Å². The Morgan fingerprint density at radius 3 is 3.00 bits per heavy atom. The Labute approximate surface area is 142 Å². The molecule has 1 aliphatic carbocycles. The molecule has 6 heteroatoms. The van der Waals surface area contributed by atoms with Gasteiger partial charge in [-0.1, -0.05) is 13.0 Å². The largest absolute Gasteiger partial charge is 0.377 e. The van der Waals surface area contributed by atoms with Crippen molar-refractivity contribution in [2.45, 2.75) is 32.3 Å². The summed E-state index contributed by atoms with van der Waals surface area (Å²) in [6, 6.07) is 5.66. The zero-order chi connectivity index (χ0) is 14.0. The lowest BCUT2D eigenvalue weighted by Crippen LogP contribution is -2.34. The van der Waals surface area contributed by atoms with Gasteiger partial charge in [-0.05, 0) is 37.3 Å². The molecule has 21 heavy (non-hydrogen) atoms. The summed E-state index contributed by atoms with van der Waals surface area (Å²) in [6.07, 6.45) is 5.74. The van der Waals surface area contributed by atoms with Gasteiger partial charge in [0.25, 0.3) is 0 Å². The van der Waals surface area contributed by atoms with Crippen LogP contribution >= 0.6 is 24.0 Å². The molecule has 1 aliphatic heterocycles. The molecule has 3 rings (SSSR count). The van der Waals surface area contributed by atoms with Crippen molar-refractivity contribution in [1.82, 2.24) is 4.98 Å². The molecule has 116 valence electrons. The fourth-order valence-electron chi connectivity index (χ4n) is 2.91. The number of rotatable bonds is 4. The number of aliphatic imine (C=N–C) groups is 1. The molecule has 0 spiro atoms. The fourth-order valence-corrected chi connectivity index (χ4v) is 2.91. The van der Waals surface area contributed by atoms with Crippen LogP contribution in [0.25, 0.3) is 0 Å². The molecule has 2 heterocycles. The third-order valence-electron chi connectivity index (χ3n) is 4.24. The molecule has 2 aliphatic rings. The van der Waals surface area contributed by atoms with E-state index in [9.17, 15) is 0 Å². The Morgan fingerprint density at radius 2 is 2.33 bits per heavy atom. The Kier molecular flexibility index (Phi) is 5.43. The van der Waals surface area contributed by atoms with Crippen molar-refractivity contribution in [3.8, 4) is 0 Å². The summed E-state index contributed by atoms with van der Waals surface area (Å²) in [7, 11) is 0. The number of hydrogen-bond donors (Lipinski definition) is 2. The minimum absolute atomic E-state index is 0. The maximum atomic E-state index is 5.94. The molecular weight excluding hydrogens is 379 g/mol. The number of aromatic nitrogens is 1. The van der Waals surface area contributed by atoms with E-state index >= 15 is 0 Å². The first-order valence-electron chi connectivity index (χ1n) is 7.27. The minimum atomic E-state index is 0. The van der Waals surface area contributed by atoms with E-state index in [1.165, 1.54) is 12.8 Å². The van der Waals surface area contributed by atoms with Crippen molar-refractivity contribution in [1.29, 1.82) is 0 Å². The fraction of sp³-hybridized carbons (Fsp3) is 0.600. The van der Waals surface area contributed by atoms with Crippen molar-refractivity contribution in [2.75, 3.05) is 18.5 Å². The molecule has 3 N–H and O–H groups in total. The second kappa shape index (κ2) is 6.91. The summed E-state index contributed by atoms with van der Waals surface area (Å²) in [5.41, 5.74) is 6.06. The number of pyridine rings is 1. The van der Waals surface area contributed by atoms with Gasteiger partial charge in [-0.15, -0.1) is 24.0 Å². The van der Waals surface area contributed by atoms with Crippen LogP contribution in [0.3, 0.4) is 0 Å². The van der Waals surface area contributed by atoms with Crippen molar-refractivity contribution in [3.63, 3.8) is 0 Å². The highest BCUT2D eigenvalue weighted by Crippen LogP contribution is 2.47. The first kappa shape index (κ1) is 16.5. The minimum Gasteiger partial charge on any atom is -0.377 e. The second-order valence-electron chi connectivity index (χ2n) is 6.07. The summed E-state index contributed by atoms with van der Waals surface area (Å²) in [5.74, 6) is 1.88. The Morgan fingerprint density at radius 1 is 1.52 bits per heavy atom. The van der Waals surface area contributed by atoms with Crippen LogP contribution in [-0.4, -0.2) is 30.2 Å². The van der Waals surface area contributed by atoms with Gasteiger partial charge in [-0.2, -0.15) is 0 Å². The highest BCUT2D eigenvalue weighted by molar-refractivity contribution is 14.0. The van der Waals surface area contributed by atoms with E-state index in [-0.39, 0.29) is 29.4 Å². The van der Waals surface area contributed by atoms with E-state index in [0.717, 1.165) is 24.8 Å². The number of ether oxygens (including phenoxy) is 1. The molecule has 2 atom stereocenters. The van der Waals surface area contributed by atoms with E-state index in [0.29, 0.717) is 18.6 Å². The summed E-state index contributed by atoms with van der Waals surface area (Å²) < 4.78 is 5.90. The average Bonchev–Trinajstić information content (AvgIpc) is 3.21. The maximum absolute atomic E-state index is 5.94. The molecular formula is C15H23IN4O.